The zero-order valence-electron chi connectivity index (χ0n) is 25.5. The fourth-order valence-corrected chi connectivity index (χ4v) is 7.62. The van der Waals surface area contributed by atoms with Gasteiger partial charge in [-0.2, -0.15) is 0 Å². The van der Waals surface area contributed by atoms with Crippen molar-refractivity contribution in [2.24, 2.45) is 0 Å². The van der Waals surface area contributed by atoms with Crippen molar-refractivity contribution in [2.75, 3.05) is 23.5 Å². The lowest BCUT2D eigenvalue weighted by Crippen LogP contribution is -2.01. The van der Waals surface area contributed by atoms with Crippen LogP contribution in [-0.4, -0.2) is 23.5 Å². The zero-order chi connectivity index (χ0) is 31.2. The van der Waals surface area contributed by atoms with Crippen LogP contribution in [0.5, 0.6) is 11.5 Å². The first-order valence-corrected chi connectivity index (χ1v) is 18.2. The van der Waals surface area contributed by atoms with E-state index in [-0.39, 0.29) is 0 Å². The summed E-state index contributed by atoms with van der Waals surface area (Å²) in [5.41, 5.74) is 5.25. The third-order valence-corrected chi connectivity index (χ3v) is 9.99. The van der Waals surface area contributed by atoms with Crippen LogP contribution in [0.25, 0.3) is 43.1 Å². The molecule has 45 heavy (non-hydrogen) atoms. The van der Waals surface area contributed by atoms with Gasteiger partial charge in [0.05, 0.1) is 0 Å². The molecule has 0 aliphatic rings. The smallest absolute Gasteiger partial charge is 0.135 e. The average molecular weight is 677 g/mol. The molecule has 0 atom stereocenters. The number of fused-ring (bicyclic) bond motifs is 4. The molecular weight excluding hydrogens is 638 g/mol. The van der Waals surface area contributed by atoms with E-state index in [9.17, 15) is 0 Å². The van der Waals surface area contributed by atoms with Crippen LogP contribution >= 0.6 is 46.4 Å². The monoisotopic (exact) mass is 674 g/mol. The second-order valence-electron chi connectivity index (χ2n) is 11.6. The van der Waals surface area contributed by atoms with Gasteiger partial charge in [0.2, 0.25) is 0 Å². The van der Waals surface area contributed by atoms with Crippen molar-refractivity contribution in [3.8, 4) is 11.5 Å². The molecule has 0 aliphatic carbocycles. The van der Waals surface area contributed by atoms with Gasteiger partial charge in [-0.05, 0) is 118 Å². The number of ether oxygens (including phenoxy) is 1. The molecule has 0 N–H and O–H groups in total. The van der Waals surface area contributed by atoms with Crippen LogP contribution in [-0.2, 0) is 25.7 Å². The van der Waals surface area contributed by atoms with Gasteiger partial charge in [-0.15, -0.1) is 46.4 Å². The Balaban J connectivity index is 1.64. The minimum absolute atomic E-state index is 0.609. The molecule has 0 aromatic heterocycles. The molecule has 0 amide bonds. The Morgan fingerprint density at radius 1 is 0.356 bits per heavy atom. The summed E-state index contributed by atoms with van der Waals surface area (Å²) in [6.07, 6.45) is 7.18. The molecule has 0 radical (unpaired) electrons. The average Bonchev–Trinajstić information content (AvgIpc) is 3.08. The summed E-state index contributed by atoms with van der Waals surface area (Å²) in [4.78, 5) is 0. The first-order chi connectivity index (χ1) is 22.2. The van der Waals surface area contributed by atoms with Crippen LogP contribution in [0.4, 0.5) is 0 Å². The summed E-state index contributed by atoms with van der Waals surface area (Å²) in [5, 5.41) is 9.94. The second kappa shape index (κ2) is 15.3. The third-order valence-electron chi connectivity index (χ3n) is 8.92. The van der Waals surface area contributed by atoms with Gasteiger partial charge >= 0.3 is 0 Å². The lowest BCUT2D eigenvalue weighted by molar-refractivity contribution is 0.493. The first kappa shape index (κ1) is 32.3. The number of benzene rings is 6. The molecule has 0 spiro atoms. The first-order valence-electron chi connectivity index (χ1n) is 16.0. The standard InChI is InChI=1S/C40H38Cl4O/c41-23-7-17-31-27-11-1-3-13-29(27)35(19-9-25-43)39-33(31)15-5-21-37(39)45-38-22-6-16-34-32(18-8-24-42)28-12-2-4-14-30(28)36(40(34)38)20-10-26-44/h1-6,11-16,21-22H,7-10,17-20,23-26H2. The maximum Gasteiger partial charge on any atom is 0.135 e. The van der Waals surface area contributed by atoms with Crippen molar-refractivity contribution in [3.63, 3.8) is 0 Å². The van der Waals surface area contributed by atoms with Gasteiger partial charge in [-0.1, -0.05) is 72.8 Å². The normalized spacial score (nSPS) is 11.7. The van der Waals surface area contributed by atoms with Gasteiger partial charge in [-0.3, -0.25) is 0 Å². The summed E-state index contributed by atoms with van der Waals surface area (Å²) >= 11 is 25.0. The van der Waals surface area contributed by atoms with E-state index in [4.69, 9.17) is 51.1 Å². The summed E-state index contributed by atoms with van der Waals surface area (Å²) in [6.45, 7) is 0. The second-order valence-corrected chi connectivity index (χ2v) is 13.1. The molecule has 0 bridgehead atoms. The van der Waals surface area contributed by atoms with Crippen LogP contribution in [0.2, 0.25) is 0 Å². The van der Waals surface area contributed by atoms with Crippen LogP contribution in [0.1, 0.15) is 47.9 Å². The topological polar surface area (TPSA) is 9.23 Å². The molecule has 0 unspecified atom stereocenters. The zero-order valence-corrected chi connectivity index (χ0v) is 28.5. The van der Waals surface area contributed by atoms with E-state index in [0.29, 0.717) is 23.5 Å². The predicted molar refractivity (Wildman–Crippen MR) is 199 cm³/mol. The minimum atomic E-state index is 0.609. The molecule has 0 aliphatic heterocycles. The number of alkyl halides is 4. The highest BCUT2D eigenvalue weighted by Crippen LogP contribution is 2.44. The van der Waals surface area contributed by atoms with E-state index in [1.165, 1.54) is 65.3 Å². The molecule has 1 nitrogen and oxygen atoms in total. The molecule has 6 aromatic rings. The number of rotatable bonds is 14. The van der Waals surface area contributed by atoms with Crippen molar-refractivity contribution >= 4 is 89.5 Å². The fraction of sp³-hybridized carbons (Fsp3) is 0.300. The molecule has 0 saturated heterocycles. The maximum atomic E-state index is 7.14. The molecule has 0 saturated carbocycles. The lowest BCUT2D eigenvalue weighted by Gasteiger charge is -2.22. The van der Waals surface area contributed by atoms with Crippen LogP contribution in [0.3, 0.4) is 0 Å². The van der Waals surface area contributed by atoms with Gasteiger partial charge < -0.3 is 4.74 Å². The van der Waals surface area contributed by atoms with Gasteiger partial charge in [-0.25, -0.2) is 0 Å². The summed E-state index contributed by atoms with van der Waals surface area (Å²) in [7, 11) is 0. The van der Waals surface area contributed by atoms with E-state index in [1.54, 1.807) is 0 Å². The summed E-state index contributed by atoms with van der Waals surface area (Å²) in [6, 6.07) is 30.5. The minimum Gasteiger partial charge on any atom is -0.456 e. The van der Waals surface area contributed by atoms with E-state index >= 15 is 0 Å². The Morgan fingerprint density at radius 2 is 0.667 bits per heavy atom. The van der Waals surface area contributed by atoms with Crippen molar-refractivity contribution in [3.05, 3.63) is 107 Å². The quantitative estimate of drug-likeness (QED) is 0.0824. The van der Waals surface area contributed by atoms with Crippen LogP contribution in [0, 0.1) is 0 Å². The van der Waals surface area contributed by atoms with Crippen LogP contribution in [0.15, 0.2) is 84.9 Å². The van der Waals surface area contributed by atoms with Gasteiger partial charge in [0.25, 0.3) is 0 Å². The summed E-state index contributed by atoms with van der Waals surface area (Å²) in [5.74, 6) is 4.22. The van der Waals surface area contributed by atoms with Crippen LogP contribution < -0.4 is 4.74 Å². The van der Waals surface area contributed by atoms with Crippen molar-refractivity contribution < 1.29 is 4.74 Å². The maximum absolute atomic E-state index is 7.14. The highest BCUT2D eigenvalue weighted by atomic mass is 35.5. The molecule has 0 fully saturated rings. The van der Waals surface area contributed by atoms with Gasteiger partial charge in [0.1, 0.15) is 11.5 Å². The number of aryl methyl sites for hydroxylation is 4. The molecular formula is C40H38Cl4O. The van der Waals surface area contributed by atoms with E-state index in [2.05, 4.69) is 84.9 Å². The Bertz CT molecular complexity index is 1810. The molecule has 0 heterocycles. The SMILES string of the molecule is ClCCCc1c2ccccc2c(CCCCl)c2c(Oc3cccc4c(CCCCl)c5ccccc5c(CCCCl)c34)cccc12. The molecule has 5 heteroatoms. The molecule has 232 valence electrons. The van der Waals surface area contributed by atoms with E-state index in [0.717, 1.165) is 62.9 Å². The highest BCUT2D eigenvalue weighted by molar-refractivity contribution is 6.19. The van der Waals surface area contributed by atoms with Crippen molar-refractivity contribution in [1.29, 1.82) is 0 Å². The Hall–Kier alpha value is -2.68. The number of hydrogen-bond donors (Lipinski definition) is 0. The van der Waals surface area contributed by atoms with Gasteiger partial charge in [0, 0.05) is 34.3 Å². The number of halogens is 4. The van der Waals surface area contributed by atoms with E-state index < -0.39 is 0 Å². The molecule has 6 aromatic carbocycles. The summed E-state index contributed by atoms with van der Waals surface area (Å²) < 4.78 is 7.14. The fourth-order valence-electron chi connectivity index (χ4n) is 7.09. The Morgan fingerprint density at radius 3 is 1.02 bits per heavy atom. The molecule has 6 rings (SSSR count). The number of hydrogen-bond acceptors (Lipinski definition) is 1. The highest BCUT2D eigenvalue weighted by Gasteiger charge is 2.21. The predicted octanol–water partition coefficient (Wildman–Crippen LogP) is 12.8. The van der Waals surface area contributed by atoms with Crippen molar-refractivity contribution in [1.82, 2.24) is 0 Å². The van der Waals surface area contributed by atoms with E-state index in [1.807, 2.05) is 0 Å². The third kappa shape index (κ3) is 6.48. The Kier molecular flexibility index (Phi) is 11.0. The lowest BCUT2D eigenvalue weighted by atomic mass is 9.87. The largest absolute Gasteiger partial charge is 0.456 e. The Labute approximate surface area is 286 Å². The van der Waals surface area contributed by atoms with Crippen molar-refractivity contribution in [2.45, 2.75) is 51.4 Å². The van der Waals surface area contributed by atoms with Gasteiger partial charge in [0.15, 0.2) is 0 Å².